The van der Waals surface area contributed by atoms with Crippen molar-refractivity contribution in [3.8, 4) is 10.8 Å². The van der Waals surface area contributed by atoms with Crippen LogP contribution < -0.4 is 15.1 Å². The number of hydrogen-bond donors (Lipinski definition) is 1. The Morgan fingerprint density at radius 1 is 1.14 bits per heavy atom. The molecular weight excluding hydrogens is 404 g/mol. The van der Waals surface area contributed by atoms with E-state index in [2.05, 4.69) is 47.6 Å². The monoisotopic (exact) mass is 428 g/mol. The highest BCUT2D eigenvalue weighted by molar-refractivity contribution is 7.21. The van der Waals surface area contributed by atoms with Crippen LogP contribution in [0.15, 0.2) is 42.5 Å². The number of nitrogens with zero attached hydrogens (tertiary/aromatic N) is 1. The van der Waals surface area contributed by atoms with Gasteiger partial charge < -0.3 is 9.57 Å². The Morgan fingerprint density at radius 3 is 2.76 bits per heavy atom. The molecule has 0 radical (unpaired) electrons. The molecule has 1 N–H and O–H groups in total. The van der Waals surface area contributed by atoms with Crippen LogP contribution in [0, 0.1) is 6.92 Å². The molecule has 1 aliphatic carbocycles. The summed E-state index contributed by atoms with van der Waals surface area (Å²) in [5.74, 6) is 0.991. The van der Waals surface area contributed by atoms with Gasteiger partial charge in [0, 0.05) is 40.3 Å². The van der Waals surface area contributed by atoms with E-state index in [9.17, 15) is 0 Å². The Hall–Kier alpha value is -1.79. The first-order valence-electron chi connectivity index (χ1n) is 10.2. The zero-order chi connectivity index (χ0) is 19.8. The van der Waals surface area contributed by atoms with Crippen molar-refractivity contribution in [1.29, 1.82) is 0 Å². The molecule has 1 aromatic heterocycles. The fourth-order valence-corrected chi connectivity index (χ4v) is 4.97. The fraction of sp³-hybridized carbons (Fsp3) is 0.391. The van der Waals surface area contributed by atoms with E-state index in [1.807, 2.05) is 12.1 Å². The lowest BCUT2D eigenvalue weighted by atomic mass is 10.2. The smallest absolute Gasteiger partial charge is 0.204 e. The van der Waals surface area contributed by atoms with Crippen LogP contribution in [0.2, 0.25) is 5.02 Å². The molecule has 2 aromatic carbocycles. The maximum atomic E-state index is 6.13. The number of hydroxylamine groups is 1. The lowest BCUT2D eigenvalue weighted by Crippen LogP contribution is -2.34. The first-order chi connectivity index (χ1) is 14.1. The Labute approximate surface area is 180 Å². The van der Waals surface area contributed by atoms with Gasteiger partial charge in [-0.05, 0) is 62.1 Å². The second-order valence-electron chi connectivity index (χ2n) is 8.06. The molecule has 0 amide bonds. The van der Waals surface area contributed by atoms with Gasteiger partial charge in [-0.3, -0.25) is 4.90 Å². The lowest BCUT2D eigenvalue weighted by Gasteiger charge is -2.17. The summed E-state index contributed by atoms with van der Waals surface area (Å²) in [5.41, 5.74) is 5.75. The third-order valence-electron chi connectivity index (χ3n) is 5.60. The summed E-state index contributed by atoms with van der Waals surface area (Å²) in [5, 5.41) is 2.85. The van der Waals surface area contributed by atoms with Gasteiger partial charge in [0.1, 0.15) is 5.75 Å². The van der Waals surface area contributed by atoms with Gasteiger partial charge in [-0.1, -0.05) is 35.1 Å². The van der Waals surface area contributed by atoms with Crippen LogP contribution in [0.1, 0.15) is 30.4 Å². The van der Waals surface area contributed by atoms with Gasteiger partial charge >= 0.3 is 0 Å². The minimum atomic E-state index is 0.334. The minimum Gasteiger partial charge on any atom is -0.490 e. The van der Waals surface area contributed by atoms with Crippen LogP contribution in [0.4, 0.5) is 0 Å². The molecule has 2 heterocycles. The van der Waals surface area contributed by atoms with Crippen molar-refractivity contribution in [1.82, 2.24) is 10.4 Å². The molecule has 1 saturated heterocycles. The topological polar surface area (TPSA) is 33.7 Å². The molecule has 6 heteroatoms. The largest absolute Gasteiger partial charge is 0.490 e. The van der Waals surface area contributed by atoms with Crippen molar-refractivity contribution in [2.24, 2.45) is 0 Å². The van der Waals surface area contributed by atoms with Gasteiger partial charge in [0.25, 0.3) is 0 Å². The van der Waals surface area contributed by atoms with Crippen LogP contribution >= 0.6 is 22.9 Å². The van der Waals surface area contributed by atoms with Crippen molar-refractivity contribution >= 4 is 33.0 Å². The van der Waals surface area contributed by atoms with Crippen molar-refractivity contribution < 1.29 is 9.57 Å². The van der Waals surface area contributed by atoms with E-state index in [4.69, 9.17) is 21.2 Å². The molecule has 0 bridgehead atoms. The van der Waals surface area contributed by atoms with Crippen LogP contribution in [0.3, 0.4) is 0 Å². The van der Waals surface area contributed by atoms with E-state index in [-0.39, 0.29) is 0 Å². The summed E-state index contributed by atoms with van der Waals surface area (Å²) in [7, 11) is 0. The number of hydrogen-bond acceptors (Lipinski definition) is 5. The first kappa shape index (κ1) is 19.2. The summed E-state index contributed by atoms with van der Waals surface area (Å²) in [4.78, 5) is 8.45. The quantitative estimate of drug-likeness (QED) is 0.499. The highest BCUT2D eigenvalue weighted by Crippen LogP contribution is 2.38. The zero-order valence-electron chi connectivity index (χ0n) is 16.5. The number of nitrogens with one attached hydrogen (secondary N) is 1. The number of aryl methyl sites for hydroxylation is 1. The SMILES string of the molecule is Cc1c(ON[C@@H]2CCN(Cc3ccc(OC4CC4)cc3)C2)sc2ccc(Cl)cc12. The zero-order valence-corrected chi connectivity index (χ0v) is 18.1. The highest BCUT2D eigenvalue weighted by Gasteiger charge is 2.25. The standard InChI is InChI=1S/C23H25ClN2O2S/c1-15-21-12-17(24)4-9-22(21)29-23(15)28-25-18-10-11-26(14-18)13-16-2-5-19(6-3-16)27-20-7-8-20/h2-6,9,12,18,20,25H,7-8,10-11,13-14H2,1H3/t18-/m1/s1. The van der Waals surface area contributed by atoms with Crippen LogP contribution in [0.5, 0.6) is 10.8 Å². The van der Waals surface area contributed by atoms with Crippen LogP contribution in [0.25, 0.3) is 10.1 Å². The summed E-state index contributed by atoms with van der Waals surface area (Å²) >= 11 is 7.79. The molecule has 2 aliphatic rings. The molecule has 5 rings (SSSR count). The van der Waals surface area contributed by atoms with Gasteiger partial charge in [-0.25, -0.2) is 0 Å². The van der Waals surface area contributed by atoms with E-state index in [0.717, 1.165) is 47.5 Å². The number of likely N-dealkylation sites (tertiary alicyclic amines) is 1. The van der Waals surface area contributed by atoms with Crippen LogP contribution in [-0.4, -0.2) is 30.1 Å². The molecule has 4 nitrogen and oxygen atoms in total. The van der Waals surface area contributed by atoms with Crippen LogP contribution in [-0.2, 0) is 6.54 Å². The number of ether oxygens (including phenoxy) is 1. The molecule has 29 heavy (non-hydrogen) atoms. The minimum absolute atomic E-state index is 0.334. The molecule has 152 valence electrons. The molecule has 2 fully saturated rings. The average molecular weight is 429 g/mol. The Balaban J connectivity index is 1.14. The Morgan fingerprint density at radius 2 is 1.97 bits per heavy atom. The average Bonchev–Trinajstić information content (AvgIpc) is 3.34. The molecule has 3 aromatic rings. The summed E-state index contributed by atoms with van der Waals surface area (Å²) in [6.07, 6.45) is 3.92. The third-order valence-corrected chi connectivity index (χ3v) is 6.99. The predicted octanol–water partition coefficient (Wildman–Crippen LogP) is 5.56. The summed E-state index contributed by atoms with van der Waals surface area (Å²) < 4.78 is 7.03. The number of benzene rings is 2. The van der Waals surface area contributed by atoms with E-state index in [1.165, 1.54) is 28.5 Å². The molecule has 1 saturated carbocycles. The van der Waals surface area contributed by atoms with Gasteiger partial charge in [0.2, 0.25) is 5.06 Å². The van der Waals surface area contributed by atoms with Crippen molar-refractivity contribution in [2.75, 3.05) is 13.1 Å². The fourth-order valence-electron chi connectivity index (χ4n) is 3.79. The maximum Gasteiger partial charge on any atom is 0.204 e. The van der Waals surface area contributed by atoms with E-state index in [0.29, 0.717) is 12.1 Å². The highest BCUT2D eigenvalue weighted by atomic mass is 35.5. The Kier molecular flexibility index (Phi) is 5.39. The Bertz CT molecular complexity index is 1000. The van der Waals surface area contributed by atoms with E-state index < -0.39 is 0 Å². The second-order valence-corrected chi connectivity index (χ2v) is 9.51. The normalized spacial score (nSPS) is 19.7. The van der Waals surface area contributed by atoms with Crippen molar-refractivity contribution in [3.63, 3.8) is 0 Å². The first-order valence-corrected chi connectivity index (χ1v) is 11.4. The maximum absolute atomic E-state index is 6.13. The number of thiophene rings is 1. The van der Waals surface area contributed by atoms with E-state index in [1.54, 1.807) is 11.3 Å². The number of fused-ring (bicyclic) bond motifs is 1. The second kappa shape index (κ2) is 8.15. The predicted molar refractivity (Wildman–Crippen MR) is 119 cm³/mol. The molecular formula is C23H25ClN2O2S. The van der Waals surface area contributed by atoms with Gasteiger partial charge in [0.05, 0.1) is 12.1 Å². The van der Waals surface area contributed by atoms with Gasteiger partial charge in [0.15, 0.2) is 0 Å². The molecule has 0 spiro atoms. The van der Waals surface area contributed by atoms with Crippen molar-refractivity contribution in [3.05, 3.63) is 58.6 Å². The van der Waals surface area contributed by atoms with E-state index >= 15 is 0 Å². The van der Waals surface area contributed by atoms with Gasteiger partial charge in [-0.2, -0.15) is 5.48 Å². The number of rotatable bonds is 7. The molecule has 1 atom stereocenters. The molecule has 0 unspecified atom stereocenters. The summed E-state index contributed by atoms with van der Waals surface area (Å²) in [6, 6.07) is 14.9. The lowest BCUT2D eigenvalue weighted by molar-refractivity contribution is 0.159. The third kappa shape index (κ3) is 4.53. The van der Waals surface area contributed by atoms with Gasteiger partial charge in [-0.15, -0.1) is 0 Å². The molecule has 1 aliphatic heterocycles. The van der Waals surface area contributed by atoms with Crippen molar-refractivity contribution in [2.45, 2.75) is 44.9 Å². The number of halogens is 1. The summed E-state index contributed by atoms with van der Waals surface area (Å²) in [6.45, 7) is 5.10.